The quantitative estimate of drug-likeness (QED) is 0.477. The van der Waals surface area contributed by atoms with Crippen LogP contribution in [0.25, 0.3) is 0 Å². The molecule has 1 aliphatic heterocycles. The van der Waals surface area contributed by atoms with Crippen LogP contribution in [0.1, 0.15) is 19.3 Å². The van der Waals surface area contributed by atoms with Crippen molar-refractivity contribution in [2.45, 2.75) is 46.7 Å². The van der Waals surface area contributed by atoms with Crippen LogP contribution in [0.4, 0.5) is 0 Å². The van der Waals surface area contributed by atoms with Crippen molar-refractivity contribution in [2.24, 2.45) is 0 Å². The second-order valence-electron chi connectivity index (χ2n) is 4.83. The molecule has 0 aromatic carbocycles. The zero-order valence-electron chi connectivity index (χ0n) is 11.6. The van der Waals surface area contributed by atoms with Gasteiger partial charge in [-0.3, -0.25) is 4.72 Å². The van der Waals surface area contributed by atoms with Gasteiger partial charge in [-0.25, -0.2) is 0 Å². The second-order valence-corrected chi connectivity index (χ2v) is 8.25. The minimum Gasteiger partial charge on any atom is -0.378 e. The van der Waals surface area contributed by atoms with E-state index in [0.29, 0.717) is 9.83 Å². The molecule has 3 nitrogen and oxygen atoms in total. The van der Waals surface area contributed by atoms with Crippen LogP contribution in [0.5, 0.6) is 0 Å². The van der Waals surface area contributed by atoms with E-state index in [0.717, 1.165) is 19.3 Å². The Kier molecular flexibility index (Phi) is 6.37. The Labute approximate surface area is 129 Å². The number of methoxy groups -OCH3 is 2. The first-order valence-electron chi connectivity index (χ1n) is 6.56. The van der Waals surface area contributed by atoms with Crippen molar-refractivity contribution in [1.29, 1.82) is 0 Å². The molecule has 0 saturated carbocycles. The van der Waals surface area contributed by atoms with Gasteiger partial charge in [0, 0.05) is 19.5 Å². The third-order valence-corrected chi connectivity index (χ3v) is 7.04. The van der Waals surface area contributed by atoms with Gasteiger partial charge in [-0.2, -0.15) is 0 Å². The van der Waals surface area contributed by atoms with E-state index in [1.807, 2.05) is 18.8 Å². The van der Waals surface area contributed by atoms with Gasteiger partial charge in [0.25, 0.3) is 0 Å². The zero-order valence-corrected chi connectivity index (χ0v) is 14.0. The molecule has 1 N–H and O–H groups in total. The summed E-state index contributed by atoms with van der Waals surface area (Å²) in [6.45, 7) is 0. The molecular formula is C13H22ClNO2S2. The van der Waals surface area contributed by atoms with Crippen LogP contribution in [0, 0.1) is 0 Å². The van der Waals surface area contributed by atoms with E-state index in [2.05, 4.69) is 10.8 Å². The Morgan fingerprint density at radius 3 is 2.74 bits per heavy atom. The predicted molar refractivity (Wildman–Crippen MR) is 85.0 cm³/mol. The third kappa shape index (κ3) is 3.83. The van der Waals surface area contributed by atoms with Crippen LogP contribution >= 0.6 is 35.3 Å². The molecule has 6 heteroatoms. The van der Waals surface area contributed by atoms with Gasteiger partial charge in [-0.15, -0.1) is 23.4 Å². The number of thioether (sulfide) groups is 1. The number of alkyl halides is 1. The van der Waals surface area contributed by atoms with E-state index < -0.39 is 0 Å². The molecule has 0 radical (unpaired) electrons. The summed E-state index contributed by atoms with van der Waals surface area (Å²) in [5, 5.41) is 0.640. The minimum atomic E-state index is 0.158. The minimum absolute atomic E-state index is 0.158. The van der Waals surface area contributed by atoms with Gasteiger partial charge >= 0.3 is 0 Å². The average Bonchev–Trinajstić information content (AvgIpc) is 2.79. The highest BCUT2D eigenvalue weighted by molar-refractivity contribution is 8.16. The van der Waals surface area contributed by atoms with Gasteiger partial charge in [0.15, 0.2) is 0 Å². The van der Waals surface area contributed by atoms with Gasteiger partial charge in [0.1, 0.15) is 0 Å². The van der Waals surface area contributed by atoms with Crippen molar-refractivity contribution in [3.8, 4) is 0 Å². The first-order chi connectivity index (χ1) is 9.19. The largest absolute Gasteiger partial charge is 0.378 e. The highest BCUT2D eigenvalue weighted by atomic mass is 35.5. The molecule has 110 valence electrons. The Morgan fingerprint density at radius 2 is 2.11 bits per heavy atom. The first kappa shape index (κ1) is 16.0. The summed E-state index contributed by atoms with van der Waals surface area (Å²) in [6, 6.07) is 0. The second kappa shape index (κ2) is 7.57. The lowest BCUT2D eigenvalue weighted by Gasteiger charge is -2.31. The molecule has 3 unspecified atom stereocenters. The maximum absolute atomic E-state index is 6.53. The highest BCUT2D eigenvalue weighted by Gasteiger charge is 2.39. The average molecular weight is 324 g/mol. The van der Waals surface area contributed by atoms with Crippen LogP contribution in [-0.4, -0.2) is 48.7 Å². The molecule has 0 spiro atoms. The van der Waals surface area contributed by atoms with Crippen molar-refractivity contribution < 1.29 is 9.47 Å². The van der Waals surface area contributed by atoms with Crippen LogP contribution in [0.15, 0.2) is 11.6 Å². The number of hydrogen-bond acceptors (Lipinski definition) is 5. The number of rotatable bonds is 5. The predicted octanol–water partition coefficient (Wildman–Crippen LogP) is 3.04. The molecule has 1 aliphatic carbocycles. The standard InChI is InChI=1S/C13H22ClNO2S2/c1-15-19-12-7-9(14)13(18-12)8-4-5-10(16-2)11(6-8)17-3/h4,9-13,15H,5-7H2,1-3H3/t9?,10-,11?,12+,13?/m0/s1. The van der Waals surface area contributed by atoms with E-state index in [1.165, 1.54) is 5.57 Å². The Bertz CT molecular complexity index is 330. The molecule has 0 amide bonds. The van der Waals surface area contributed by atoms with Crippen molar-refractivity contribution in [3.63, 3.8) is 0 Å². The maximum atomic E-state index is 6.53. The fraction of sp³-hybridized carbons (Fsp3) is 0.846. The normalized spacial score (nSPS) is 39.4. The third-order valence-electron chi connectivity index (χ3n) is 3.73. The lowest BCUT2D eigenvalue weighted by Crippen LogP contribution is -2.35. The molecule has 0 bridgehead atoms. The SMILES string of the molecule is CNS[C@@H]1CC(Cl)C(C2=CC[C@H](OC)C(OC)C2)S1. The number of halogens is 1. The van der Waals surface area contributed by atoms with Gasteiger partial charge in [0.05, 0.1) is 22.2 Å². The van der Waals surface area contributed by atoms with Gasteiger partial charge in [-0.1, -0.05) is 23.6 Å². The Balaban J connectivity index is 2.00. The molecular weight excluding hydrogens is 302 g/mol. The van der Waals surface area contributed by atoms with E-state index in [1.54, 1.807) is 26.2 Å². The Hall–Kier alpha value is 0.610. The van der Waals surface area contributed by atoms with Gasteiger partial charge in [-0.05, 0) is 26.3 Å². The summed E-state index contributed by atoms with van der Waals surface area (Å²) in [5.41, 5.74) is 1.43. The summed E-state index contributed by atoms with van der Waals surface area (Å²) in [5.74, 6) is 0. The van der Waals surface area contributed by atoms with Crippen molar-refractivity contribution in [3.05, 3.63) is 11.6 Å². The number of hydrogen-bond donors (Lipinski definition) is 1. The fourth-order valence-corrected chi connectivity index (χ4v) is 6.18. The molecule has 1 saturated heterocycles. The monoisotopic (exact) mass is 323 g/mol. The van der Waals surface area contributed by atoms with Crippen molar-refractivity contribution in [2.75, 3.05) is 21.3 Å². The molecule has 19 heavy (non-hydrogen) atoms. The van der Waals surface area contributed by atoms with Crippen LogP contribution in [-0.2, 0) is 9.47 Å². The lowest BCUT2D eigenvalue weighted by molar-refractivity contribution is -0.0379. The van der Waals surface area contributed by atoms with E-state index >= 15 is 0 Å². The molecule has 0 aromatic heterocycles. The summed E-state index contributed by atoms with van der Waals surface area (Å²) in [7, 11) is 5.48. The van der Waals surface area contributed by atoms with E-state index in [-0.39, 0.29) is 17.6 Å². The zero-order chi connectivity index (χ0) is 13.8. The summed E-state index contributed by atoms with van der Waals surface area (Å²) < 4.78 is 14.7. The van der Waals surface area contributed by atoms with Crippen molar-refractivity contribution in [1.82, 2.24) is 4.72 Å². The summed E-state index contributed by atoms with van der Waals surface area (Å²) >= 11 is 10.3. The smallest absolute Gasteiger partial charge is 0.0873 e. The van der Waals surface area contributed by atoms with E-state index in [4.69, 9.17) is 21.1 Å². The highest BCUT2D eigenvalue weighted by Crippen LogP contribution is 2.46. The molecule has 5 atom stereocenters. The summed E-state index contributed by atoms with van der Waals surface area (Å²) in [4.78, 5) is 0. The van der Waals surface area contributed by atoms with Gasteiger partial charge < -0.3 is 9.47 Å². The number of nitrogens with one attached hydrogen (secondary N) is 1. The molecule has 2 rings (SSSR count). The maximum Gasteiger partial charge on any atom is 0.0873 e. The van der Waals surface area contributed by atoms with E-state index in [9.17, 15) is 0 Å². The first-order valence-corrected chi connectivity index (χ1v) is 8.82. The fourth-order valence-electron chi connectivity index (χ4n) is 2.72. The summed E-state index contributed by atoms with van der Waals surface area (Å²) in [6.07, 6.45) is 5.55. The van der Waals surface area contributed by atoms with Crippen molar-refractivity contribution >= 4 is 35.3 Å². The van der Waals surface area contributed by atoms with Crippen LogP contribution < -0.4 is 4.72 Å². The van der Waals surface area contributed by atoms with Gasteiger partial charge in [0.2, 0.25) is 0 Å². The van der Waals surface area contributed by atoms with Crippen LogP contribution in [0.3, 0.4) is 0 Å². The number of ether oxygens (including phenoxy) is 2. The molecule has 1 heterocycles. The molecule has 0 aromatic rings. The topological polar surface area (TPSA) is 30.5 Å². The molecule has 1 fully saturated rings. The lowest BCUT2D eigenvalue weighted by atomic mass is 9.91. The molecule has 2 aliphatic rings. The Morgan fingerprint density at radius 1 is 1.37 bits per heavy atom. The van der Waals surface area contributed by atoms with Crippen LogP contribution in [0.2, 0.25) is 0 Å².